The minimum absolute atomic E-state index is 0.207. The molecular formula is C14H20N2. The van der Waals surface area contributed by atoms with Gasteiger partial charge in [-0.1, -0.05) is 19.3 Å². The summed E-state index contributed by atoms with van der Waals surface area (Å²) in [4.78, 5) is 0. The third-order valence-electron chi connectivity index (χ3n) is 3.48. The van der Waals surface area contributed by atoms with E-state index in [9.17, 15) is 0 Å². The summed E-state index contributed by atoms with van der Waals surface area (Å²) in [7, 11) is 0. The first-order valence-corrected chi connectivity index (χ1v) is 6.19. The molecule has 1 heterocycles. The average Bonchev–Trinajstić information content (AvgIpc) is 2.71. The highest BCUT2D eigenvalue weighted by Crippen LogP contribution is 2.31. The van der Waals surface area contributed by atoms with Gasteiger partial charge in [0.25, 0.3) is 0 Å². The van der Waals surface area contributed by atoms with Gasteiger partial charge in [-0.05, 0) is 37.3 Å². The third kappa shape index (κ3) is 1.88. The second-order valence-electron chi connectivity index (χ2n) is 4.59. The molecule has 0 spiro atoms. The Morgan fingerprint density at radius 1 is 1.69 bits per heavy atom. The van der Waals surface area contributed by atoms with Crippen LogP contribution in [0.3, 0.4) is 0 Å². The molecule has 1 aromatic heterocycles. The molecule has 0 amide bonds. The van der Waals surface area contributed by atoms with Crippen LogP contribution in [0.5, 0.6) is 0 Å². The van der Waals surface area contributed by atoms with Gasteiger partial charge in [0.15, 0.2) is 0 Å². The van der Waals surface area contributed by atoms with Crippen LogP contribution in [0.2, 0.25) is 0 Å². The van der Waals surface area contributed by atoms with E-state index >= 15 is 0 Å². The second kappa shape index (κ2) is 4.76. The number of rotatable bonds is 3. The maximum atomic E-state index is 6.11. The largest absolute Gasteiger partial charge is 0.337 e. The van der Waals surface area contributed by atoms with Gasteiger partial charge in [-0.25, -0.2) is 0 Å². The zero-order valence-electron chi connectivity index (χ0n) is 9.95. The van der Waals surface area contributed by atoms with Crippen molar-refractivity contribution in [2.45, 2.75) is 51.1 Å². The molecule has 1 aromatic rings. The molecule has 2 heteroatoms. The summed E-state index contributed by atoms with van der Waals surface area (Å²) in [6.45, 7) is 2.17. The molecule has 1 aliphatic carbocycles. The number of fused-ring (bicyclic) bond motifs is 1. The molecule has 2 unspecified atom stereocenters. The van der Waals surface area contributed by atoms with Gasteiger partial charge < -0.3 is 10.3 Å². The lowest BCUT2D eigenvalue weighted by atomic mass is 9.93. The van der Waals surface area contributed by atoms with E-state index < -0.39 is 0 Å². The molecule has 0 fully saturated rings. The number of hydrogen-bond donors (Lipinski definition) is 1. The van der Waals surface area contributed by atoms with Gasteiger partial charge in [0.05, 0.1) is 6.04 Å². The highest BCUT2D eigenvalue weighted by Gasteiger charge is 2.22. The van der Waals surface area contributed by atoms with Gasteiger partial charge in [0.2, 0.25) is 0 Å². The summed E-state index contributed by atoms with van der Waals surface area (Å²) in [5.41, 5.74) is 8.79. The highest BCUT2D eigenvalue weighted by molar-refractivity contribution is 5.30. The van der Waals surface area contributed by atoms with E-state index in [1.165, 1.54) is 17.7 Å². The van der Waals surface area contributed by atoms with Crippen molar-refractivity contribution >= 4 is 0 Å². The summed E-state index contributed by atoms with van der Waals surface area (Å²) in [5.74, 6) is 2.89. The van der Waals surface area contributed by atoms with Crippen LogP contribution in [0.1, 0.15) is 55.9 Å². The zero-order chi connectivity index (χ0) is 11.5. The topological polar surface area (TPSA) is 30.9 Å². The third-order valence-corrected chi connectivity index (χ3v) is 3.48. The maximum absolute atomic E-state index is 6.11. The average molecular weight is 216 g/mol. The normalized spacial score (nSPS) is 21.2. The Morgan fingerprint density at radius 3 is 3.19 bits per heavy atom. The van der Waals surface area contributed by atoms with E-state index in [0.29, 0.717) is 0 Å². The first-order valence-electron chi connectivity index (χ1n) is 6.19. The van der Waals surface area contributed by atoms with Crippen molar-refractivity contribution in [2.24, 2.45) is 5.73 Å². The van der Waals surface area contributed by atoms with E-state index in [2.05, 4.69) is 29.7 Å². The molecule has 16 heavy (non-hydrogen) atoms. The van der Waals surface area contributed by atoms with E-state index in [1.807, 2.05) is 0 Å². The van der Waals surface area contributed by atoms with Crippen LogP contribution in [0, 0.1) is 12.3 Å². The van der Waals surface area contributed by atoms with Crippen LogP contribution in [-0.2, 0) is 6.42 Å². The Morgan fingerprint density at radius 2 is 2.50 bits per heavy atom. The molecule has 0 radical (unpaired) electrons. The van der Waals surface area contributed by atoms with Crippen molar-refractivity contribution in [2.75, 3.05) is 0 Å². The highest BCUT2D eigenvalue weighted by atomic mass is 15.0. The Bertz CT molecular complexity index is 397. The van der Waals surface area contributed by atoms with Crippen LogP contribution in [0.25, 0.3) is 0 Å². The van der Waals surface area contributed by atoms with Crippen LogP contribution in [0.15, 0.2) is 12.3 Å². The molecule has 2 atom stereocenters. The summed E-state index contributed by atoms with van der Waals surface area (Å²) in [6.07, 6.45) is 13.3. The molecule has 0 saturated carbocycles. The maximum Gasteiger partial charge on any atom is 0.0941 e. The number of terminal acetylenes is 1. The number of nitrogens with zero attached hydrogens (tertiary/aromatic N) is 1. The number of nitrogens with two attached hydrogens (primary N) is 1. The fourth-order valence-corrected chi connectivity index (χ4v) is 2.62. The van der Waals surface area contributed by atoms with Crippen molar-refractivity contribution in [1.82, 2.24) is 4.57 Å². The van der Waals surface area contributed by atoms with Crippen LogP contribution >= 0.6 is 0 Å². The van der Waals surface area contributed by atoms with Crippen molar-refractivity contribution in [1.29, 1.82) is 0 Å². The van der Waals surface area contributed by atoms with Gasteiger partial charge >= 0.3 is 0 Å². The summed E-state index contributed by atoms with van der Waals surface area (Å²) >= 11 is 0. The van der Waals surface area contributed by atoms with Gasteiger partial charge in [0.1, 0.15) is 0 Å². The van der Waals surface area contributed by atoms with Crippen LogP contribution in [-0.4, -0.2) is 4.57 Å². The van der Waals surface area contributed by atoms with Gasteiger partial charge in [-0.2, -0.15) is 0 Å². The first kappa shape index (κ1) is 11.3. The minimum atomic E-state index is 0.207. The molecule has 2 N–H and O–H groups in total. The van der Waals surface area contributed by atoms with Gasteiger partial charge in [-0.3, -0.25) is 0 Å². The lowest BCUT2D eigenvalue weighted by Crippen LogP contribution is -2.19. The van der Waals surface area contributed by atoms with Crippen molar-refractivity contribution < 1.29 is 0 Å². The first-order chi connectivity index (χ1) is 7.77. The summed E-state index contributed by atoms with van der Waals surface area (Å²) in [5, 5.41) is 0. The minimum Gasteiger partial charge on any atom is -0.337 e. The Hall–Kier alpha value is -1.20. The van der Waals surface area contributed by atoms with Crippen molar-refractivity contribution in [3.05, 3.63) is 23.5 Å². The predicted octanol–water partition coefficient (Wildman–Crippen LogP) is 2.80. The second-order valence-corrected chi connectivity index (χ2v) is 4.59. The molecular weight excluding hydrogens is 196 g/mol. The molecule has 86 valence electrons. The van der Waals surface area contributed by atoms with Crippen molar-refractivity contribution in [3.8, 4) is 12.3 Å². The lowest BCUT2D eigenvalue weighted by Gasteiger charge is -2.23. The fraction of sp³-hybridized carbons (Fsp3) is 0.571. The standard InChI is InChI=1S/C14H20N2/c1-3-6-11(4-2)16-10-9-12-13(15)7-5-8-14(12)16/h2,9-11,13H,3,5-8,15H2,1H3. The van der Waals surface area contributed by atoms with E-state index in [0.717, 1.165) is 25.7 Å². The van der Waals surface area contributed by atoms with Crippen molar-refractivity contribution in [3.63, 3.8) is 0 Å². The summed E-state index contributed by atoms with van der Waals surface area (Å²) < 4.78 is 2.26. The number of aromatic nitrogens is 1. The van der Waals surface area contributed by atoms with Gasteiger partial charge in [-0.15, -0.1) is 6.42 Å². The SMILES string of the molecule is C#CC(CCC)n1ccc2c1CCCC2N. The Balaban J connectivity index is 2.32. The molecule has 0 saturated heterocycles. The van der Waals surface area contributed by atoms with E-state index in [1.54, 1.807) is 0 Å². The quantitative estimate of drug-likeness (QED) is 0.774. The Kier molecular flexibility index (Phi) is 3.36. The van der Waals surface area contributed by atoms with Gasteiger partial charge in [0, 0.05) is 17.9 Å². The zero-order valence-corrected chi connectivity index (χ0v) is 9.95. The Labute approximate surface area is 97.8 Å². The van der Waals surface area contributed by atoms with Crippen LogP contribution < -0.4 is 5.73 Å². The molecule has 1 aliphatic rings. The monoisotopic (exact) mass is 216 g/mol. The van der Waals surface area contributed by atoms with E-state index in [4.69, 9.17) is 12.2 Å². The number of hydrogen-bond acceptors (Lipinski definition) is 1. The summed E-state index contributed by atoms with van der Waals surface area (Å²) in [6, 6.07) is 2.57. The molecule has 0 aliphatic heterocycles. The fourth-order valence-electron chi connectivity index (χ4n) is 2.62. The smallest absolute Gasteiger partial charge is 0.0941 e. The lowest BCUT2D eigenvalue weighted by molar-refractivity contribution is 0.505. The van der Waals surface area contributed by atoms with Crippen LogP contribution in [0.4, 0.5) is 0 Å². The predicted molar refractivity (Wildman–Crippen MR) is 67.1 cm³/mol. The van der Waals surface area contributed by atoms with E-state index in [-0.39, 0.29) is 12.1 Å². The molecule has 0 aromatic carbocycles. The molecule has 2 nitrogen and oxygen atoms in total. The molecule has 2 rings (SSSR count). The molecule has 0 bridgehead atoms.